The molecule has 2 N–H and O–H groups in total. The summed E-state index contributed by atoms with van der Waals surface area (Å²) < 4.78 is 0. The fourth-order valence-corrected chi connectivity index (χ4v) is 2.64. The van der Waals surface area contributed by atoms with Crippen LogP contribution in [0.5, 0.6) is 0 Å². The number of nitrogens with zero attached hydrogens (tertiary/aromatic N) is 3. The predicted molar refractivity (Wildman–Crippen MR) is 85.5 cm³/mol. The lowest BCUT2D eigenvalue weighted by Gasteiger charge is -2.29. The van der Waals surface area contributed by atoms with Crippen LogP contribution in [0.4, 0.5) is 5.82 Å². The summed E-state index contributed by atoms with van der Waals surface area (Å²) in [6.07, 6.45) is 4.13. The van der Waals surface area contributed by atoms with Gasteiger partial charge in [-0.3, -0.25) is 4.79 Å². The summed E-state index contributed by atoms with van der Waals surface area (Å²) in [5, 5.41) is 0. The van der Waals surface area contributed by atoms with Crippen LogP contribution in [0.2, 0.25) is 0 Å². The maximum Gasteiger partial charge on any atom is 0.255 e. The van der Waals surface area contributed by atoms with Gasteiger partial charge in [0, 0.05) is 32.9 Å². The van der Waals surface area contributed by atoms with Crippen molar-refractivity contribution in [3.63, 3.8) is 0 Å². The molecule has 1 amide bonds. The largest absolute Gasteiger partial charge is 0.357 e. The highest BCUT2D eigenvalue weighted by molar-refractivity contribution is 5.94. The van der Waals surface area contributed by atoms with E-state index in [4.69, 9.17) is 5.73 Å². The molecule has 0 spiro atoms. The van der Waals surface area contributed by atoms with Gasteiger partial charge >= 0.3 is 0 Å². The minimum Gasteiger partial charge on any atom is -0.357 e. The van der Waals surface area contributed by atoms with Crippen molar-refractivity contribution in [3.05, 3.63) is 23.9 Å². The molecule has 2 rings (SSSR count). The molecular weight excluding hydrogens is 264 g/mol. The molecule has 21 heavy (non-hydrogen) atoms. The van der Waals surface area contributed by atoms with Crippen molar-refractivity contribution < 1.29 is 4.79 Å². The number of hydrogen-bond donors (Lipinski definition) is 1. The van der Waals surface area contributed by atoms with Crippen molar-refractivity contribution in [2.75, 3.05) is 38.1 Å². The zero-order chi connectivity index (χ0) is 15.5. The first-order valence-corrected chi connectivity index (χ1v) is 7.59. The van der Waals surface area contributed by atoms with Gasteiger partial charge in [0.2, 0.25) is 0 Å². The lowest BCUT2D eigenvalue weighted by Crippen LogP contribution is -2.39. The lowest BCUT2D eigenvalue weighted by atomic mass is 9.93. The van der Waals surface area contributed by atoms with Gasteiger partial charge in [0.1, 0.15) is 5.82 Å². The molecule has 1 aliphatic rings. The smallest absolute Gasteiger partial charge is 0.255 e. The van der Waals surface area contributed by atoms with E-state index in [2.05, 4.69) is 23.7 Å². The van der Waals surface area contributed by atoms with Crippen molar-refractivity contribution in [1.29, 1.82) is 0 Å². The number of aromatic nitrogens is 1. The zero-order valence-electron chi connectivity index (χ0n) is 13.3. The minimum atomic E-state index is -0.0761. The number of carbonyl (C=O) groups excluding carboxylic acids is 1. The maximum atomic E-state index is 12.4. The van der Waals surface area contributed by atoms with Gasteiger partial charge in [-0.1, -0.05) is 13.8 Å². The lowest BCUT2D eigenvalue weighted by molar-refractivity contribution is 0.0740. The number of rotatable bonds is 5. The van der Waals surface area contributed by atoms with Crippen LogP contribution in [0.3, 0.4) is 0 Å². The Hall–Kier alpha value is -1.62. The summed E-state index contributed by atoms with van der Waals surface area (Å²) in [4.78, 5) is 20.8. The molecule has 2 heterocycles. The second-order valence-corrected chi connectivity index (χ2v) is 6.63. The first-order chi connectivity index (χ1) is 9.93. The van der Waals surface area contributed by atoms with Gasteiger partial charge in [0.05, 0.1) is 5.56 Å². The second-order valence-electron chi connectivity index (χ2n) is 6.63. The van der Waals surface area contributed by atoms with Gasteiger partial charge in [-0.15, -0.1) is 0 Å². The fourth-order valence-electron chi connectivity index (χ4n) is 2.64. The van der Waals surface area contributed by atoms with E-state index in [9.17, 15) is 4.79 Å². The van der Waals surface area contributed by atoms with Gasteiger partial charge in [0.25, 0.3) is 5.91 Å². The van der Waals surface area contributed by atoms with Crippen LogP contribution in [0.15, 0.2) is 18.3 Å². The SMILES string of the molecule is CN(CC(C)(C)CN)C(=O)c1ccc(N2CCCC2)nc1. The van der Waals surface area contributed by atoms with Gasteiger partial charge in [-0.2, -0.15) is 0 Å². The Labute approximate surface area is 127 Å². The number of amides is 1. The molecule has 0 aromatic carbocycles. The molecule has 0 radical (unpaired) electrons. The molecular formula is C16H26N4O. The Morgan fingerprint density at radius 1 is 1.38 bits per heavy atom. The summed E-state index contributed by atoms with van der Waals surface area (Å²) in [7, 11) is 1.81. The van der Waals surface area contributed by atoms with Crippen LogP contribution in [-0.4, -0.2) is 49.0 Å². The first-order valence-electron chi connectivity index (χ1n) is 7.59. The molecule has 1 aromatic heterocycles. The van der Waals surface area contributed by atoms with Crippen molar-refractivity contribution in [1.82, 2.24) is 9.88 Å². The summed E-state index contributed by atoms with van der Waals surface area (Å²) >= 11 is 0. The normalized spacial score (nSPS) is 15.3. The molecule has 1 aliphatic heterocycles. The number of hydrogen-bond acceptors (Lipinski definition) is 4. The topological polar surface area (TPSA) is 62.5 Å². The molecule has 1 saturated heterocycles. The van der Waals surface area contributed by atoms with Crippen molar-refractivity contribution >= 4 is 11.7 Å². The van der Waals surface area contributed by atoms with E-state index < -0.39 is 0 Å². The van der Waals surface area contributed by atoms with Gasteiger partial charge < -0.3 is 15.5 Å². The molecule has 0 aliphatic carbocycles. The average molecular weight is 290 g/mol. The summed E-state index contributed by atoms with van der Waals surface area (Å²) in [6.45, 7) is 7.43. The van der Waals surface area contributed by atoms with Crippen molar-refractivity contribution in [3.8, 4) is 0 Å². The highest BCUT2D eigenvalue weighted by Gasteiger charge is 2.22. The van der Waals surface area contributed by atoms with Crippen LogP contribution in [-0.2, 0) is 0 Å². The van der Waals surface area contributed by atoms with E-state index in [0.717, 1.165) is 18.9 Å². The van der Waals surface area contributed by atoms with Crippen molar-refractivity contribution in [2.24, 2.45) is 11.1 Å². The standard InChI is InChI=1S/C16H26N4O/c1-16(2,11-17)12-19(3)15(21)13-6-7-14(18-10-13)20-8-4-5-9-20/h6-7,10H,4-5,8-9,11-12,17H2,1-3H3. The Balaban J connectivity index is 2.02. The summed E-state index contributed by atoms with van der Waals surface area (Å²) in [6, 6.07) is 3.81. The van der Waals surface area contributed by atoms with Crippen molar-refractivity contribution in [2.45, 2.75) is 26.7 Å². The molecule has 116 valence electrons. The fraction of sp³-hybridized carbons (Fsp3) is 0.625. The Bertz CT molecular complexity index is 478. The molecule has 0 unspecified atom stereocenters. The van der Waals surface area contributed by atoms with Gasteiger partial charge in [-0.25, -0.2) is 4.98 Å². The second kappa shape index (κ2) is 6.43. The predicted octanol–water partition coefficient (Wildman–Crippen LogP) is 1.74. The average Bonchev–Trinajstić information content (AvgIpc) is 3.00. The molecule has 0 bridgehead atoms. The monoisotopic (exact) mass is 290 g/mol. The number of pyridine rings is 1. The quantitative estimate of drug-likeness (QED) is 0.897. The van der Waals surface area contributed by atoms with Crippen LogP contribution in [0.1, 0.15) is 37.0 Å². The molecule has 1 aromatic rings. The number of anilines is 1. The Kier molecular flexibility index (Phi) is 4.83. The van der Waals surface area contributed by atoms with E-state index in [0.29, 0.717) is 18.7 Å². The van der Waals surface area contributed by atoms with E-state index in [-0.39, 0.29) is 11.3 Å². The maximum absolute atomic E-state index is 12.4. The highest BCUT2D eigenvalue weighted by atomic mass is 16.2. The van der Waals surface area contributed by atoms with E-state index in [1.807, 2.05) is 19.2 Å². The number of carbonyl (C=O) groups is 1. The summed E-state index contributed by atoms with van der Waals surface area (Å²) in [5.41, 5.74) is 6.28. The van der Waals surface area contributed by atoms with Gasteiger partial charge in [0.15, 0.2) is 0 Å². The van der Waals surface area contributed by atoms with E-state index in [1.54, 1.807) is 11.1 Å². The zero-order valence-corrected chi connectivity index (χ0v) is 13.3. The molecule has 5 heteroatoms. The van der Waals surface area contributed by atoms with Gasteiger partial charge in [-0.05, 0) is 36.9 Å². The number of nitrogens with two attached hydrogens (primary N) is 1. The van der Waals surface area contributed by atoms with Crippen LogP contribution in [0, 0.1) is 5.41 Å². The molecule has 5 nitrogen and oxygen atoms in total. The third-order valence-electron chi connectivity index (χ3n) is 3.99. The minimum absolute atomic E-state index is 0.00278. The third kappa shape index (κ3) is 3.94. The third-order valence-corrected chi connectivity index (χ3v) is 3.99. The van der Waals surface area contributed by atoms with Crippen LogP contribution < -0.4 is 10.6 Å². The molecule has 1 fully saturated rings. The Morgan fingerprint density at radius 2 is 2.05 bits per heavy atom. The highest BCUT2D eigenvalue weighted by Crippen LogP contribution is 2.19. The van der Waals surface area contributed by atoms with Crippen LogP contribution in [0.25, 0.3) is 0 Å². The van der Waals surface area contributed by atoms with Crippen LogP contribution >= 0.6 is 0 Å². The first kappa shape index (κ1) is 15.8. The van der Waals surface area contributed by atoms with E-state index >= 15 is 0 Å². The van der Waals surface area contributed by atoms with E-state index in [1.165, 1.54) is 12.8 Å². The Morgan fingerprint density at radius 3 is 2.57 bits per heavy atom. The molecule has 0 saturated carbocycles. The summed E-state index contributed by atoms with van der Waals surface area (Å²) in [5.74, 6) is 0.964. The molecule has 0 atom stereocenters.